The Morgan fingerprint density at radius 3 is 2.54 bits per heavy atom. The van der Waals surface area contributed by atoms with Crippen LogP contribution in [0.5, 0.6) is 0 Å². The minimum Gasteiger partial charge on any atom is -0.357 e. The number of hydrogen-bond acceptors (Lipinski definition) is 3. The van der Waals surface area contributed by atoms with Crippen LogP contribution < -0.4 is 10.6 Å². The molecular weight excluding hydrogens is 330 g/mol. The average molecular weight is 366 g/mol. The van der Waals surface area contributed by atoms with Crippen LogP contribution in [0.1, 0.15) is 51.9 Å². The molecule has 148 valence electrons. The molecule has 2 rings (SSSR count). The van der Waals surface area contributed by atoms with E-state index in [0.717, 1.165) is 44.9 Å². The van der Waals surface area contributed by atoms with Gasteiger partial charge in [0.1, 0.15) is 0 Å². The first-order valence-electron chi connectivity index (χ1n) is 10.0. The summed E-state index contributed by atoms with van der Waals surface area (Å²) in [5.74, 6) is 1.39. The number of guanidine groups is 1. The SMILES string of the molecule is CCNC(=NCCC(=O)N(C)C)NC1CCN(C(=O)C2CCCCC2)C1. The first-order valence-corrected chi connectivity index (χ1v) is 10.0. The fourth-order valence-corrected chi connectivity index (χ4v) is 3.69. The summed E-state index contributed by atoms with van der Waals surface area (Å²) < 4.78 is 0. The Balaban J connectivity index is 1.81. The van der Waals surface area contributed by atoms with E-state index in [9.17, 15) is 9.59 Å². The highest BCUT2D eigenvalue weighted by Gasteiger charge is 2.31. The molecule has 0 spiro atoms. The molecule has 0 bridgehead atoms. The second-order valence-electron chi connectivity index (χ2n) is 7.55. The van der Waals surface area contributed by atoms with Crippen molar-refractivity contribution < 1.29 is 9.59 Å². The predicted octanol–water partition coefficient (Wildman–Crippen LogP) is 1.20. The number of rotatable bonds is 6. The number of carbonyl (C=O) groups excluding carboxylic acids is 2. The van der Waals surface area contributed by atoms with Crippen LogP contribution in [-0.2, 0) is 9.59 Å². The van der Waals surface area contributed by atoms with Crippen LogP contribution >= 0.6 is 0 Å². The molecule has 2 fully saturated rings. The molecule has 2 N–H and O–H groups in total. The third-order valence-corrected chi connectivity index (χ3v) is 5.23. The van der Waals surface area contributed by atoms with Crippen LogP contribution in [0.15, 0.2) is 4.99 Å². The molecule has 1 unspecified atom stereocenters. The molecule has 1 heterocycles. The number of aliphatic imine (C=N–C) groups is 1. The summed E-state index contributed by atoms with van der Waals surface area (Å²) in [5.41, 5.74) is 0. The fourth-order valence-electron chi connectivity index (χ4n) is 3.69. The van der Waals surface area contributed by atoms with Crippen LogP contribution in [0.2, 0.25) is 0 Å². The predicted molar refractivity (Wildman–Crippen MR) is 104 cm³/mol. The molecule has 2 amide bonds. The van der Waals surface area contributed by atoms with E-state index in [4.69, 9.17) is 0 Å². The monoisotopic (exact) mass is 365 g/mol. The lowest BCUT2D eigenvalue weighted by atomic mass is 9.88. The van der Waals surface area contributed by atoms with E-state index in [0.29, 0.717) is 18.9 Å². The topological polar surface area (TPSA) is 77.0 Å². The van der Waals surface area contributed by atoms with E-state index in [1.165, 1.54) is 19.3 Å². The number of likely N-dealkylation sites (tertiary alicyclic amines) is 1. The van der Waals surface area contributed by atoms with E-state index in [-0.39, 0.29) is 17.9 Å². The Kier molecular flexibility index (Phi) is 8.19. The number of amides is 2. The maximum absolute atomic E-state index is 12.7. The molecule has 0 radical (unpaired) electrons. The molecule has 0 aromatic rings. The van der Waals surface area contributed by atoms with E-state index in [2.05, 4.69) is 15.6 Å². The number of nitrogens with zero attached hydrogens (tertiary/aromatic N) is 3. The summed E-state index contributed by atoms with van der Waals surface area (Å²) in [4.78, 5) is 32.5. The van der Waals surface area contributed by atoms with Crippen molar-refractivity contribution >= 4 is 17.8 Å². The van der Waals surface area contributed by atoms with Crippen LogP contribution in [-0.4, -0.2) is 73.9 Å². The van der Waals surface area contributed by atoms with E-state index in [1.807, 2.05) is 11.8 Å². The van der Waals surface area contributed by atoms with Gasteiger partial charge in [-0.3, -0.25) is 14.6 Å². The van der Waals surface area contributed by atoms with Crippen LogP contribution in [0.3, 0.4) is 0 Å². The first kappa shape index (κ1) is 20.5. The van der Waals surface area contributed by atoms with Crippen molar-refractivity contribution in [2.24, 2.45) is 10.9 Å². The third-order valence-electron chi connectivity index (χ3n) is 5.23. The minimum atomic E-state index is 0.0784. The first-order chi connectivity index (χ1) is 12.5. The average Bonchev–Trinajstić information content (AvgIpc) is 3.10. The van der Waals surface area contributed by atoms with Gasteiger partial charge in [-0.05, 0) is 26.2 Å². The third kappa shape index (κ3) is 6.18. The zero-order chi connectivity index (χ0) is 18.9. The van der Waals surface area contributed by atoms with Gasteiger partial charge in [-0.2, -0.15) is 0 Å². The second-order valence-corrected chi connectivity index (χ2v) is 7.55. The van der Waals surface area contributed by atoms with Crippen LogP contribution in [0, 0.1) is 5.92 Å². The lowest BCUT2D eigenvalue weighted by molar-refractivity contribution is -0.135. The van der Waals surface area contributed by atoms with Gasteiger partial charge in [0.15, 0.2) is 5.96 Å². The molecule has 7 heteroatoms. The molecule has 1 aliphatic heterocycles. The van der Waals surface area contributed by atoms with Crippen molar-refractivity contribution in [1.29, 1.82) is 0 Å². The quantitative estimate of drug-likeness (QED) is 0.548. The molecule has 1 saturated heterocycles. The van der Waals surface area contributed by atoms with Crippen LogP contribution in [0.25, 0.3) is 0 Å². The standard InChI is InChI=1S/C19H35N5O2/c1-4-20-19(21-12-10-17(25)23(2)3)22-16-11-13-24(14-16)18(26)15-8-6-5-7-9-15/h15-16H,4-14H2,1-3H3,(H2,20,21,22). The Bertz CT molecular complexity index is 500. The van der Waals surface area contributed by atoms with Gasteiger partial charge in [-0.25, -0.2) is 0 Å². The Morgan fingerprint density at radius 2 is 1.88 bits per heavy atom. The van der Waals surface area contributed by atoms with Gasteiger partial charge in [-0.15, -0.1) is 0 Å². The van der Waals surface area contributed by atoms with Crippen molar-refractivity contribution in [3.8, 4) is 0 Å². The molecule has 0 aromatic heterocycles. The second kappa shape index (κ2) is 10.4. The van der Waals surface area contributed by atoms with Gasteiger partial charge < -0.3 is 20.4 Å². The number of hydrogen-bond donors (Lipinski definition) is 2. The van der Waals surface area contributed by atoms with E-state index >= 15 is 0 Å². The lowest BCUT2D eigenvalue weighted by Crippen LogP contribution is -2.45. The fraction of sp³-hybridized carbons (Fsp3) is 0.842. The van der Waals surface area contributed by atoms with Gasteiger partial charge >= 0.3 is 0 Å². The Morgan fingerprint density at radius 1 is 1.15 bits per heavy atom. The zero-order valence-electron chi connectivity index (χ0n) is 16.6. The van der Waals surface area contributed by atoms with Gasteiger partial charge in [0, 0.05) is 52.1 Å². The molecule has 1 atom stereocenters. The van der Waals surface area contributed by atoms with Gasteiger partial charge in [0.2, 0.25) is 11.8 Å². The molecule has 1 saturated carbocycles. The number of carbonyl (C=O) groups is 2. The van der Waals surface area contributed by atoms with E-state index < -0.39 is 0 Å². The summed E-state index contributed by atoms with van der Waals surface area (Å²) in [6.45, 7) is 4.83. The Hall–Kier alpha value is -1.79. The van der Waals surface area contributed by atoms with Gasteiger partial charge in [0.05, 0.1) is 6.54 Å². The van der Waals surface area contributed by atoms with Crippen molar-refractivity contribution in [1.82, 2.24) is 20.4 Å². The molecule has 1 aliphatic carbocycles. The van der Waals surface area contributed by atoms with Crippen molar-refractivity contribution in [3.63, 3.8) is 0 Å². The highest BCUT2D eigenvalue weighted by Crippen LogP contribution is 2.26. The van der Waals surface area contributed by atoms with Gasteiger partial charge in [-0.1, -0.05) is 19.3 Å². The van der Waals surface area contributed by atoms with Gasteiger partial charge in [0.25, 0.3) is 0 Å². The van der Waals surface area contributed by atoms with Crippen LogP contribution in [0.4, 0.5) is 0 Å². The highest BCUT2D eigenvalue weighted by molar-refractivity contribution is 5.82. The molecule has 26 heavy (non-hydrogen) atoms. The summed E-state index contributed by atoms with van der Waals surface area (Å²) in [5, 5.41) is 6.66. The summed E-state index contributed by atoms with van der Waals surface area (Å²) in [6.07, 6.45) is 7.10. The zero-order valence-corrected chi connectivity index (χ0v) is 16.6. The summed E-state index contributed by atoms with van der Waals surface area (Å²) in [7, 11) is 3.51. The van der Waals surface area contributed by atoms with Crippen molar-refractivity contribution in [3.05, 3.63) is 0 Å². The number of nitrogens with one attached hydrogen (secondary N) is 2. The summed E-state index contributed by atoms with van der Waals surface area (Å²) in [6, 6.07) is 0.227. The molecular formula is C19H35N5O2. The molecule has 0 aromatic carbocycles. The van der Waals surface area contributed by atoms with Crippen molar-refractivity contribution in [2.75, 3.05) is 40.3 Å². The minimum absolute atomic E-state index is 0.0784. The Labute approximate surface area is 157 Å². The largest absolute Gasteiger partial charge is 0.357 e. The molecule has 2 aliphatic rings. The maximum atomic E-state index is 12.7. The lowest BCUT2D eigenvalue weighted by Gasteiger charge is -2.26. The summed E-state index contributed by atoms with van der Waals surface area (Å²) >= 11 is 0. The van der Waals surface area contributed by atoms with E-state index in [1.54, 1.807) is 19.0 Å². The highest BCUT2D eigenvalue weighted by atomic mass is 16.2. The van der Waals surface area contributed by atoms with Crippen molar-refractivity contribution in [2.45, 2.75) is 57.9 Å². The maximum Gasteiger partial charge on any atom is 0.225 e. The smallest absolute Gasteiger partial charge is 0.225 e. The molecule has 7 nitrogen and oxygen atoms in total. The normalized spacial score (nSPS) is 21.6.